The first kappa shape index (κ1) is 10.9. The number of nitrogens with zero attached hydrogens (tertiary/aromatic N) is 1. The van der Waals surface area contributed by atoms with E-state index in [2.05, 4.69) is 9.58 Å². The van der Waals surface area contributed by atoms with Crippen LogP contribution in [-0.2, 0) is 9.53 Å². The number of ether oxygens (including phenoxy) is 1. The lowest BCUT2D eigenvalue weighted by Gasteiger charge is -1.97. The van der Waals surface area contributed by atoms with Crippen molar-refractivity contribution >= 4 is 12.0 Å². The maximum absolute atomic E-state index is 12.6. The Morgan fingerprint density at radius 2 is 2.07 bits per heavy atom. The number of carbonyl (C=O) groups excluding carboxylic acids is 1. The molecule has 0 aliphatic heterocycles. The summed E-state index contributed by atoms with van der Waals surface area (Å²) in [5, 5.41) is 0. The van der Waals surface area contributed by atoms with Gasteiger partial charge in [-0.25, -0.2) is 9.24 Å². The second-order valence-corrected chi connectivity index (χ2v) is 2.68. The van der Waals surface area contributed by atoms with Gasteiger partial charge in [0.15, 0.2) is 0 Å². The van der Waals surface area contributed by atoms with Gasteiger partial charge < -0.3 is 4.74 Å². The third-order valence-electron chi connectivity index (χ3n) is 1.69. The molecular formula is C11H8FNO2. The van der Waals surface area contributed by atoms with Gasteiger partial charge in [0.2, 0.25) is 0 Å². The van der Waals surface area contributed by atoms with Crippen LogP contribution in [0.3, 0.4) is 0 Å². The SMILES string of the molecule is [C-]#[N+]C(=Cc1ccc(F)cc1)C(=O)OC. The van der Waals surface area contributed by atoms with Crippen LogP contribution in [0.5, 0.6) is 0 Å². The Kier molecular flexibility index (Phi) is 3.58. The van der Waals surface area contributed by atoms with Crippen molar-refractivity contribution in [3.05, 3.63) is 52.8 Å². The molecule has 1 aromatic carbocycles. The van der Waals surface area contributed by atoms with E-state index < -0.39 is 5.97 Å². The molecule has 0 aliphatic carbocycles. The van der Waals surface area contributed by atoms with Gasteiger partial charge in [-0.15, -0.1) is 0 Å². The Balaban J connectivity index is 3.00. The third kappa shape index (κ3) is 2.92. The summed E-state index contributed by atoms with van der Waals surface area (Å²) in [5.41, 5.74) is 0.442. The monoisotopic (exact) mass is 205 g/mol. The van der Waals surface area contributed by atoms with E-state index in [-0.39, 0.29) is 11.5 Å². The lowest BCUT2D eigenvalue weighted by Crippen LogP contribution is -2.00. The molecule has 3 nitrogen and oxygen atoms in total. The van der Waals surface area contributed by atoms with Crippen LogP contribution >= 0.6 is 0 Å². The number of rotatable bonds is 2. The van der Waals surface area contributed by atoms with Gasteiger partial charge in [0.05, 0.1) is 13.7 Å². The van der Waals surface area contributed by atoms with Gasteiger partial charge in [-0.2, -0.15) is 0 Å². The summed E-state index contributed by atoms with van der Waals surface area (Å²) in [5.74, 6) is -1.07. The van der Waals surface area contributed by atoms with Crippen molar-refractivity contribution in [2.24, 2.45) is 0 Å². The fourth-order valence-electron chi connectivity index (χ4n) is 0.958. The second kappa shape index (κ2) is 4.91. The predicted octanol–water partition coefficient (Wildman–Crippen LogP) is 2.26. The molecule has 4 heteroatoms. The van der Waals surface area contributed by atoms with Crippen LogP contribution in [0.15, 0.2) is 30.0 Å². The average molecular weight is 205 g/mol. The Labute approximate surface area is 86.6 Å². The van der Waals surface area contributed by atoms with Crippen LogP contribution < -0.4 is 0 Å². The molecular weight excluding hydrogens is 197 g/mol. The molecule has 1 rings (SSSR count). The number of hydrogen-bond donors (Lipinski definition) is 0. The summed E-state index contributed by atoms with van der Waals surface area (Å²) in [6.45, 7) is 6.77. The highest BCUT2D eigenvalue weighted by molar-refractivity contribution is 5.95. The van der Waals surface area contributed by atoms with Crippen LogP contribution in [-0.4, -0.2) is 13.1 Å². The Hall–Kier alpha value is -2.15. The fourth-order valence-corrected chi connectivity index (χ4v) is 0.958. The Morgan fingerprint density at radius 3 is 2.53 bits per heavy atom. The van der Waals surface area contributed by atoms with E-state index in [1.165, 1.54) is 37.5 Å². The van der Waals surface area contributed by atoms with Crippen LogP contribution in [0.1, 0.15) is 5.56 Å². The van der Waals surface area contributed by atoms with Crippen LogP contribution in [0.2, 0.25) is 0 Å². The molecule has 1 aromatic rings. The zero-order valence-electron chi connectivity index (χ0n) is 8.03. The molecule has 0 atom stereocenters. The van der Waals surface area contributed by atoms with Crippen molar-refractivity contribution in [2.45, 2.75) is 0 Å². The fraction of sp³-hybridized carbons (Fsp3) is 0.0909. The smallest absolute Gasteiger partial charge is 0.336 e. The van der Waals surface area contributed by atoms with Crippen LogP contribution in [0.25, 0.3) is 10.9 Å². The van der Waals surface area contributed by atoms with Crippen molar-refractivity contribution in [2.75, 3.05) is 7.11 Å². The minimum atomic E-state index is -0.700. The number of benzene rings is 1. The highest BCUT2D eigenvalue weighted by atomic mass is 19.1. The van der Waals surface area contributed by atoms with Gasteiger partial charge in [-0.05, 0) is 23.8 Å². The summed E-state index contributed by atoms with van der Waals surface area (Å²) in [6, 6.07) is 5.46. The molecule has 0 aliphatic rings. The quantitative estimate of drug-likeness (QED) is 0.421. The van der Waals surface area contributed by atoms with Crippen molar-refractivity contribution in [1.29, 1.82) is 0 Å². The highest BCUT2D eigenvalue weighted by Crippen LogP contribution is 2.10. The van der Waals surface area contributed by atoms with Crippen molar-refractivity contribution in [3.8, 4) is 0 Å². The zero-order chi connectivity index (χ0) is 11.3. The summed E-state index contributed by atoms with van der Waals surface area (Å²) >= 11 is 0. The first-order valence-corrected chi connectivity index (χ1v) is 4.10. The second-order valence-electron chi connectivity index (χ2n) is 2.68. The van der Waals surface area contributed by atoms with Gasteiger partial charge in [-0.1, -0.05) is 12.1 Å². The molecule has 0 heterocycles. The van der Waals surface area contributed by atoms with Gasteiger partial charge in [-0.3, -0.25) is 4.79 Å². The first-order valence-electron chi connectivity index (χ1n) is 4.10. The topological polar surface area (TPSA) is 30.7 Å². The molecule has 15 heavy (non-hydrogen) atoms. The molecule has 0 radical (unpaired) electrons. The third-order valence-corrected chi connectivity index (χ3v) is 1.69. The first-order chi connectivity index (χ1) is 7.17. The van der Waals surface area contributed by atoms with Crippen LogP contribution in [0.4, 0.5) is 4.39 Å². The number of carbonyl (C=O) groups is 1. The molecule has 0 amide bonds. The Morgan fingerprint density at radius 1 is 1.47 bits per heavy atom. The van der Waals surface area contributed by atoms with E-state index >= 15 is 0 Å². The number of hydrogen-bond acceptors (Lipinski definition) is 2. The van der Waals surface area contributed by atoms with E-state index in [4.69, 9.17) is 6.57 Å². The van der Waals surface area contributed by atoms with Gasteiger partial charge in [0, 0.05) is 0 Å². The van der Waals surface area contributed by atoms with Crippen molar-refractivity contribution < 1.29 is 13.9 Å². The van der Waals surface area contributed by atoms with E-state index in [1.54, 1.807) is 0 Å². The summed E-state index contributed by atoms with van der Waals surface area (Å²) < 4.78 is 17.0. The molecule has 76 valence electrons. The molecule has 0 N–H and O–H groups in total. The van der Waals surface area contributed by atoms with Crippen molar-refractivity contribution in [3.63, 3.8) is 0 Å². The molecule has 0 saturated heterocycles. The van der Waals surface area contributed by atoms with E-state index in [9.17, 15) is 9.18 Å². The molecule has 0 saturated carbocycles. The van der Waals surface area contributed by atoms with E-state index in [0.29, 0.717) is 5.56 Å². The van der Waals surface area contributed by atoms with Gasteiger partial charge in [0.25, 0.3) is 5.70 Å². The molecule has 0 fully saturated rings. The number of halogens is 1. The number of esters is 1. The molecule has 0 spiro atoms. The minimum Gasteiger partial charge on any atom is -0.474 e. The van der Waals surface area contributed by atoms with Gasteiger partial charge in [0.1, 0.15) is 5.82 Å². The minimum absolute atomic E-state index is 0.135. The standard InChI is InChI=1S/C11H8FNO2/c1-13-10(11(14)15-2)7-8-3-5-9(12)6-4-8/h3-7H,2H3. The van der Waals surface area contributed by atoms with Crippen molar-refractivity contribution in [1.82, 2.24) is 0 Å². The summed E-state index contributed by atoms with van der Waals surface area (Å²) in [4.78, 5) is 14.1. The highest BCUT2D eigenvalue weighted by Gasteiger charge is 2.08. The lowest BCUT2D eigenvalue weighted by molar-refractivity contribution is -0.135. The maximum atomic E-state index is 12.6. The summed E-state index contributed by atoms with van der Waals surface area (Å²) in [7, 11) is 1.20. The predicted molar refractivity (Wildman–Crippen MR) is 53.0 cm³/mol. The van der Waals surface area contributed by atoms with Gasteiger partial charge >= 0.3 is 5.97 Å². The normalized spacial score (nSPS) is 10.6. The molecule has 0 bridgehead atoms. The Bertz CT molecular complexity index is 429. The van der Waals surface area contributed by atoms with E-state index in [1.807, 2.05) is 0 Å². The average Bonchev–Trinajstić information content (AvgIpc) is 2.27. The molecule has 0 unspecified atom stereocenters. The lowest BCUT2D eigenvalue weighted by atomic mass is 10.2. The maximum Gasteiger partial charge on any atom is 0.336 e. The van der Waals surface area contributed by atoms with Crippen LogP contribution in [0, 0.1) is 12.4 Å². The number of methoxy groups -OCH3 is 1. The summed E-state index contributed by atoms with van der Waals surface area (Å²) in [6.07, 6.45) is 1.35. The van der Waals surface area contributed by atoms with E-state index in [0.717, 1.165) is 0 Å². The largest absolute Gasteiger partial charge is 0.474 e. The zero-order valence-corrected chi connectivity index (χ0v) is 8.03. The molecule has 0 aromatic heterocycles.